The molecule has 22 heavy (non-hydrogen) atoms. The van der Waals surface area contributed by atoms with Crippen LogP contribution in [0.4, 0.5) is 11.4 Å². The Labute approximate surface area is 130 Å². The van der Waals surface area contributed by atoms with E-state index in [1.807, 2.05) is 79.7 Å². The highest BCUT2D eigenvalue weighted by Gasteiger charge is 2.08. The molecule has 3 heteroatoms. The summed E-state index contributed by atoms with van der Waals surface area (Å²) in [5.74, 6) is -0.0982. The SMILES string of the molecule is CN(C)c1cccc(C(=O)Nc2ccc3ccccc3c2)c1. The fourth-order valence-electron chi connectivity index (χ4n) is 2.40. The molecule has 0 atom stereocenters. The van der Waals surface area contributed by atoms with Crippen molar-refractivity contribution in [2.45, 2.75) is 0 Å². The smallest absolute Gasteiger partial charge is 0.255 e. The molecule has 3 aromatic rings. The third kappa shape index (κ3) is 2.93. The van der Waals surface area contributed by atoms with Gasteiger partial charge in [0.2, 0.25) is 0 Å². The number of anilines is 2. The van der Waals surface area contributed by atoms with Crippen LogP contribution in [0.3, 0.4) is 0 Å². The monoisotopic (exact) mass is 290 g/mol. The zero-order valence-electron chi connectivity index (χ0n) is 12.7. The van der Waals surface area contributed by atoms with Crippen LogP contribution in [0.15, 0.2) is 66.7 Å². The quantitative estimate of drug-likeness (QED) is 0.785. The normalized spacial score (nSPS) is 10.5. The highest BCUT2D eigenvalue weighted by molar-refractivity contribution is 6.05. The third-order valence-corrected chi connectivity index (χ3v) is 3.63. The molecular formula is C19H18N2O. The minimum atomic E-state index is -0.0982. The van der Waals surface area contributed by atoms with Gasteiger partial charge in [0.1, 0.15) is 0 Å². The van der Waals surface area contributed by atoms with Crippen molar-refractivity contribution in [2.24, 2.45) is 0 Å². The molecule has 0 aliphatic rings. The van der Waals surface area contributed by atoms with Gasteiger partial charge in [0.05, 0.1) is 0 Å². The summed E-state index contributed by atoms with van der Waals surface area (Å²) in [6, 6.07) is 21.6. The van der Waals surface area contributed by atoms with E-state index in [0.29, 0.717) is 5.56 Å². The molecule has 1 N–H and O–H groups in total. The zero-order valence-corrected chi connectivity index (χ0v) is 12.7. The van der Waals surface area contributed by atoms with Crippen LogP contribution in [0.1, 0.15) is 10.4 Å². The Morgan fingerprint density at radius 3 is 2.41 bits per heavy atom. The molecule has 0 aliphatic heterocycles. The first-order valence-electron chi connectivity index (χ1n) is 7.21. The molecule has 0 saturated carbocycles. The lowest BCUT2D eigenvalue weighted by atomic mass is 10.1. The van der Waals surface area contributed by atoms with E-state index in [9.17, 15) is 4.79 Å². The first-order chi connectivity index (χ1) is 10.6. The number of carbonyl (C=O) groups excluding carboxylic acids is 1. The van der Waals surface area contributed by atoms with E-state index < -0.39 is 0 Å². The molecule has 0 aliphatic carbocycles. The Bertz CT molecular complexity index is 824. The van der Waals surface area contributed by atoms with E-state index >= 15 is 0 Å². The van der Waals surface area contributed by atoms with Gasteiger partial charge < -0.3 is 10.2 Å². The summed E-state index contributed by atoms with van der Waals surface area (Å²) in [6.07, 6.45) is 0. The van der Waals surface area contributed by atoms with Gasteiger partial charge in [0.15, 0.2) is 0 Å². The van der Waals surface area contributed by atoms with Gasteiger partial charge in [-0.2, -0.15) is 0 Å². The number of fused-ring (bicyclic) bond motifs is 1. The van der Waals surface area contributed by atoms with Crippen LogP contribution in [0.2, 0.25) is 0 Å². The molecule has 3 rings (SSSR count). The molecule has 110 valence electrons. The van der Waals surface area contributed by atoms with Crippen molar-refractivity contribution in [3.8, 4) is 0 Å². The van der Waals surface area contributed by atoms with Gasteiger partial charge in [-0.3, -0.25) is 4.79 Å². The second-order valence-corrected chi connectivity index (χ2v) is 5.46. The lowest BCUT2D eigenvalue weighted by Crippen LogP contribution is -2.14. The van der Waals surface area contributed by atoms with Crippen LogP contribution in [-0.2, 0) is 0 Å². The number of carbonyl (C=O) groups is 1. The highest BCUT2D eigenvalue weighted by Crippen LogP contribution is 2.20. The standard InChI is InChI=1S/C19H18N2O/c1-21(2)18-9-5-8-16(13-18)19(22)20-17-11-10-14-6-3-4-7-15(14)12-17/h3-13H,1-2H3,(H,20,22). The van der Waals surface area contributed by atoms with Crippen molar-refractivity contribution in [3.63, 3.8) is 0 Å². The Morgan fingerprint density at radius 1 is 0.864 bits per heavy atom. The molecule has 0 saturated heterocycles. The number of hydrogen-bond donors (Lipinski definition) is 1. The average Bonchev–Trinajstić information content (AvgIpc) is 2.55. The average molecular weight is 290 g/mol. The van der Waals surface area contributed by atoms with Crippen molar-refractivity contribution in [1.82, 2.24) is 0 Å². The van der Waals surface area contributed by atoms with Crippen molar-refractivity contribution in [1.29, 1.82) is 0 Å². The lowest BCUT2D eigenvalue weighted by Gasteiger charge is -2.13. The first-order valence-corrected chi connectivity index (χ1v) is 7.21. The van der Waals surface area contributed by atoms with Gasteiger partial charge in [0.25, 0.3) is 5.91 Å². The van der Waals surface area contributed by atoms with E-state index in [1.165, 1.54) is 0 Å². The molecule has 0 heterocycles. The summed E-state index contributed by atoms with van der Waals surface area (Å²) < 4.78 is 0. The summed E-state index contributed by atoms with van der Waals surface area (Å²) in [4.78, 5) is 14.4. The number of hydrogen-bond acceptors (Lipinski definition) is 2. The summed E-state index contributed by atoms with van der Waals surface area (Å²) >= 11 is 0. The molecule has 0 fully saturated rings. The van der Waals surface area contributed by atoms with Crippen LogP contribution in [0, 0.1) is 0 Å². The molecule has 0 radical (unpaired) electrons. The molecule has 0 bridgehead atoms. The Morgan fingerprint density at radius 2 is 1.64 bits per heavy atom. The lowest BCUT2D eigenvalue weighted by molar-refractivity contribution is 0.102. The molecule has 0 aromatic heterocycles. The largest absolute Gasteiger partial charge is 0.378 e. The maximum Gasteiger partial charge on any atom is 0.255 e. The summed E-state index contributed by atoms with van der Waals surface area (Å²) in [5, 5.41) is 5.23. The predicted molar refractivity (Wildman–Crippen MR) is 92.7 cm³/mol. The minimum Gasteiger partial charge on any atom is -0.378 e. The van der Waals surface area contributed by atoms with Gasteiger partial charge in [-0.05, 0) is 41.1 Å². The second-order valence-electron chi connectivity index (χ2n) is 5.46. The Balaban J connectivity index is 1.84. The molecule has 3 aromatic carbocycles. The maximum absolute atomic E-state index is 12.4. The van der Waals surface area contributed by atoms with Gasteiger partial charge >= 0.3 is 0 Å². The highest BCUT2D eigenvalue weighted by atomic mass is 16.1. The fraction of sp³-hybridized carbons (Fsp3) is 0.105. The summed E-state index contributed by atoms with van der Waals surface area (Å²) in [7, 11) is 3.92. The molecule has 1 amide bonds. The Hall–Kier alpha value is -2.81. The van der Waals surface area contributed by atoms with Crippen molar-refractivity contribution >= 4 is 28.1 Å². The second kappa shape index (κ2) is 5.90. The van der Waals surface area contributed by atoms with Gasteiger partial charge in [-0.15, -0.1) is 0 Å². The van der Waals surface area contributed by atoms with Crippen molar-refractivity contribution < 1.29 is 4.79 Å². The topological polar surface area (TPSA) is 32.3 Å². The van der Waals surface area contributed by atoms with Gasteiger partial charge in [-0.25, -0.2) is 0 Å². The van der Waals surface area contributed by atoms with Gasteiger partial charge in [-0.1, -0.05) is 36.4 Å². The number of nitrogens with one attached hydrogen (secondary N) is 1. The van der Waals surface area contributed by atoms with E-state index in [2.05, 4.69) is 11.4 Å². The van der Waals surface area contributed by atoms with E-state index in [1.54, 1.807) is 0 Å². The van der Waals surface area contributed by atoms with Crippen LogP contribution >= 0.6 is 0 Å². The number of amides is 1. The van der Waals surface area contributed by atoms with Crippen LogP contribution in [0.25, 0.3) is 10.8 Å². The summed E-state index contributed by atoms with van der Waals surface area (Å²) in [5.41, 5.74) is 2.46. The Kier molecular flexibility index (Phi) is 3.79. The summed E-state index contributed by atoms with van der Waals surface area (Å²) in [6.45, 7) is 0. The zero-order chi connectivity index (χ0) is 15.5. The van der Waals surface area contributed by atoms with E-state index in [0.717, 1.165) is 22.1 Å². The van der Waals surface area contributed by atoms with Gasteiger partial charge in [0, 0.05) is 31.0 Å². The van der Waals surface area contributed by atoms with E-state index in [4.69, 9.17) is 0 Å². The van der Waals surface area contributed by atoms with Crippen LogP contribution in [-0.4, -0.2) is 20.0 Å². The maximum atomic E-state index is 12.4. The van der Waals surface area contributed by atoms with Crippen molar-refractivity contribution in [3.05, 3.63) is 72.3 Å². The van der Waals surface area contributed by atoms with E-state index in [-0.39, 0.29) is 5.91 Å². The molecule has 0 spiro atoms. The number of nitrogens with zero attached hydrogens (tertiary/aromatic N) is 1. The van der Waals surface area contributed by atoms with Crippen LogP contribution < -0.4 is 10.2 Å². The predicted octanol–water partition coefficient (Wildman–Crippen LogP) is 4.16. The molecule has 0 unspecified atom stereocenters. The third-order valence-electron chi connectivity index (χ3n) is 3.63. The number of rotatable bonds is 3. The van der Waals surface area contributed by atoms with Crippen molar-refractivity contribution in [2.75, 3.05) is 24.3 Å². The van der Waals surface area contributed by atoms with Crippen LogP contribution in [0.5, 0.6) is 0 Å². The minimum absolute atomic E-state index is 0.0982. The number of benzene rings is 3. The molecule has 3 nitrogen and oxygen atoms in total. The molecular weight excluding hydrogens is 272 g/mol. The fourth-order valence-corrected chi connectivity index (χ4v) is 2.40. The first kappa shape index (κ1) is 14.1.